The monoisotopic (exact) mass is 503 g/mol. The van der Waals surface area contributed by atoms with Crippen molar-refractivity contribution in [1.29, 1.82) is 0 Å². The number of hydrogen-bond acceptors (Lipinski definition) is 9. The molecular formula is C27H33N7OS. The van der Waals surface area contributed by atoms with Gasteiger partial charge in [-0.1, -0.05) is 18.2 Å². The molecule has 2 aromatic carbocycles. The number of allylic oxidation sites excluding steroid dienone is 1. The predicted molar refractivity (Wildman–Crippen MR) is 151 cm³/mol. The molecule has 4 rings (SSSR count). The minimum atomic E-state index is 0.425. The van der Waals surface area contributed by atoms with E-state index in [1.54, 1.807) is 13.3 Å². The van der Waals surface area contributed by atoms with Crippen molar-refractivity contribution in [1.82, 2.24) is 15.3 Å². The Morgan fingerprint density at radius 2 is 1.83 bits per heavy atom. The second kappa shape index (κ2) is 11.9. The van der Waals surface area contributed by atoms with E-state index in [0.717, 1.165) is 64.8 Å². The van der Waals surface area contributed by atoms with Gasteiger partial charge in [-0.15, -0.1) is 0 Å². The van der Waals surface area contributed by atoms with E-state index in [4.69, 9.17) is 15.5 Å². The van der Waals surface area contributed by atoms with Crippen LogP contribution in [0.5, 0.6) is 11.6 Å². The summed E-state index contributed by atoms with van der Waals surface area (Å²) in [6, 6.07) is 14.4. The summed E-state index contributed by atoms with van der Waals surface area (Å²) in [7, 11) is 1.70. The maximum atomic E-state index is 6.32. The van der Waals surface area contributed by atoms with Crippen molar-refractivity contribution in [3.8, 4) is 22.9 Å². The lowest BCUT2D eigenvalue weighted by molar-refractivity contribution is 0.459. The first-order chi connectivity index (χ1) is 17.5. The van der Waals surface area contributed by atoms with Crippen LogP contribution in [-0.2, 0) is 0 Å². The molecule has 0 unspecified atom stereocenters. The number of rotatable bonds is 8. The van der Waals surface area contributed by atoms with Crippen LogP contribution in [0.15, 0.2) is 58.6 Å². The number of aromatic nitrogens is 2. The fourth-order valence-corrected chi connectivity index (χ4v) is 4.71. The molecule has 0 saturated carbocycles. The van der Waals surface area contributed by atoms with E-state index in [9.17, 15) is 0 Å². The van der Waals surface area contributed by atoms with E-state index >= 15 is 0 Å². The van der Waals surface area contributed by atoms with Crippen LogP contribution in [-0.4, -0.2) is 49.4 Å². The summed E-state index contributed by atoms with van der Waals surface area (Å²) in [5.74, 6) is 1.65. The third-order valence-corrected chi connectivity index (χ3v) is 6.74. The molecule has 0 spiro atoms. The van der Waals surface area contributed by atoms with E-state index in [1.165, 1.54) is 23.8 Å². The van der Waals surface area contributed by atoms with Crippen LogP contribution in [0, 0.1) is 20.8 Å². The highest BCUT2D eigenvalue weighted by Crippen LogP contribution is 2.33. The summed E-state index contributed by atoms with van der Waals surface area (Å²) >= 11 is 1.29. The molecule has 0 bridgehead atoms. The van der Waals surface area contributed by atoms with Crippen LogP contribution in [0.3, 0.4) is 0 Å². The quantitative estimate of drug-likeness (QED) is 0.297. The van der Waals surface area contributed by atoms with Crippen LogP contribution in [0.4, 0.5) is 11.6 Å². The fourth-order valence-electron chi connectivity index (χ4n) is 4.19. The first-order valence-electron chi connectivity index (χ1n) is 11.9. The molecule has 1 aliphatic rings. The lowest BCUT2D eigenvalue weighted by Gasteiger charge is -2.29. The molecule has 36 heavy (non-hydrogen) atoms. The van der Waals surface area contributed by atoms with Gasteiger partial charge in [-0.25, -0.2) is 4.98 Å². The molecule has 3 aromatic rings. The summed E-state index contributed by atoms with van der Waals surface area (Å²) in [5.41, 5.74) is 12.1. The van der Waals surface area contributed by atoms with Crippen molar-refractivity contribution in [2.45, 2.75) is 20.8 Å². The number of nitrogens with one attached hydrogen (secondary N) is 2. The van der Waals surface area contributed by atoms with Gasteiger partial charge < -0.3 is 20.7 Å². The Morgan fingerprint density at radius 1 is 1.08 bits per heavy atom. The predicted octanol–water partition coefficient (Wildman–Crippen LogP) is 4.83. The van der Waals surface area contributed by atoms with Gasteiger partial charge in [-0.05, 0) is 67.6 Å². The molecule has 0 atom stereocenters. The van der Waals surface area contributed by atoms with Crippen molar-refractivity contribution < 1.29 is 4.74 Å². The van der Waals surface area contributed by atoms with Crippen LogP contribution >= 0.6 is 11.9 Å². The number of ether oxygens (including phenoxy) is 1. The number of nitrogens with two attached hydrogens (primary N) is 1. The van der Waals surface area contributed by atoms with Gasteiger partial charge in [0.1, 0.15) is 5.75 Å². The third kappa shape index (κ3) is 6.16. The Balaban J connectivity index is 1.66. The molecule has 4 N–H and O–H groups in total. The van der Waals surface area contributed by atoms with E-state index in [0.29, 0.717) is 11.8 Å². The molecule has 1 aliphatic heterocycles. The molecule has 1 aromatic heterocycles. The molecule has 0 amide bonds. The lowest BCUT2D eigenvalue weighted by atomic mass is 10.00. The van der Waals surface area contributed by atoms with Gasteiger partial charge >= 0.3 is 0 Å². The van der Waals surface area contributed by atoms with Gasteiger partial charge in [0.25, 0.3) is 0 Å². The van der Waals surface area contributed by atoms with Gasteiger partial charge in [0.05, 0.1) is 10.6 Å². The number of benzene rings is 2. The Hall–Kier alpha value is -3.56. The number of nitrogens with zero attached hydrogens (tertiary/aromatic N) is 4. The standard InChI is InChI=1S/C27H33N7OS/c1-18-6-5-7-19(2)26(18)23-15-25(32-27(31-23)33-36-22(16-28)17-29-4)35-24-9-8-21(14-20(24)3)34-12-10-30-11-13-34/h5-9,14-17,30H,10-13,28H2,1-4H3,(H,31,32,33)/b22-16+,29-17?. The summed E-state index contributed by atoms with van der Waals surface area (Å²) < 4.78 is 9.50. The summed E-state index contributed by atoms with van der Waals surface area (Å²) in [6.45, 7) is 10.2. The molecule has 8 nitrogen and oxygen atoms in total. The highest BCUT2D eigenvalue weighted by molar-refractivity contribution is 8.05. The molecule has 2 heterocycles. The van der Waals surface area contributed by atoms with Crippen LogP contribution < -0.4 is 25.4 Å². The number of hydrogen-bond donors (Lipinski definition) is 3. The van der Waals surface area contributed by atoms with Crippen LogP contribution in [0.1, 0.15) is 16.7 Å². The number of aryl methyl sites for hydroxylation is 3. The van der Waals surface area contributed by atoms with Gasteiger partial charge in [0.15, 0.2) is 0 Å². The van der Waals surface area contributed by atoms with Gasteiger partial charge in [0.2, 0.25) is 11.8 Å². The maximum Gasteiger partial charge on any atom is 0.237 e. The average Bonchev–Trinajstić information content (AvgIpc) is 2.88. The number of anilines is 2. The molecule has 0 aliphatic carbocycles. The zero-order valence-electron chi connectivity index (χ0n) is 21.2. The van der Waals surface area contributed by atoms with Crippen molar-refractivity contribution in [2.24, 2.45) is 10.7 Å². The summed E-state index contributed by atoms with van der Waals surface area (Å²) in [5, 5.41) is 3.40. The Bertz CT molecular complexity index is 1250. The highest BCUT2D eigenvalue weighted by Gasteiger charge is 2.15. The molecule has 1 saturated heterocycles. The first kappa shape index (κ1) is 25.5. The van der Waals surface area contributed by atoms with Gasteiger partial charge in [-0.3, -0.25) is 9.71 Å². The second-order valence-electron chi connectivity index (χ2n) is 8.63. The molecular weight excluding hydrogens is 470 g/mol. The van der Waals surface area contributed by atoms with Crippen molar-refractivity contribution in [3.63, 3.8) is 0 Å². The van der Waals surface area contributed by atoms with Gasteiger partial charge in [0, 0.05) is 63.0 Å². The van der Waals surface area contributed by atoms with Crippen molar-refractivity contribution in [3.05, 3.63) is 70.3 Å². The SMILES string of the molecule is CN=C/C(=C\N)SNc1nc(Oc2ccc(N3CCNCC3)cc2C)cc(-c2c(C)cccc2C)n1. The first-order valence-corrected chi connectivity index (χ1v) is 12.8. The summed E-state index contributed by atoms with van der Waals surface area (Å²) in [6.07, 6.45) is 3.16. The third-order valence-electron chi connectivity index (χ3n) is 5.98. The largest absolute Gasteiger partial charge is 0.439 e. The Kier molecular flexibility index (Phi) is 8.45. The Labute approximate surface area is 217 Å². The van der Waals surface area contributed by atoms with Crippen LogP contribution in [0.25, 0.3) is 11.3 Å². The van der Waals surface area contributed by atoms with E-state index in [1.807, 2.05) is 18.2 Å². The molecule has 1 fully saturated rings. The zero-order valence-corrected chi connectivity index (χ0v) is 22.0. The zero-order chi connectivity index (χ0) is 25.5. The second-order valence-corrected chi connectivity index (χ2v) is 9.51. The highest BCUT2D eigenvalue weighted by atomic mass is 32.2. The average molecular weight is 504 g/mol. The van der Waals surface area contributed by atoms with E-state index in [-0.39, 0.29) is 0 Å². The molecule has 188 valence electrons. The Morgan fingerprint density at radius 3 is 2.50 bits per heavy atom. The van der Waals surface area contributed by atoms with Crippen LogP contribution in [0.2, 0.25) is 0 Å². The normalized spacial score (nSPS) is 14.3. The minimum absolute atomic E-state index is 0.425. The van der Waals surface area contributed by atoms with Gasteiger partial charge in [-0.2, -0.15) is 4.98 Å². The minimum Gasteiger partial charge on any atom is -0.439 e. The lowest BCUT2D eigenvalue weighted by Crippen LogP contribution is -2.43. The summed E-state index contributed by atoms with van der Waals surface area (Å²) in [4.78, 5) is 16.6. The smallest absolute Gasteiger partial charge is 0.237 e. The molecule has 0 radical (unpaired) electrons. The van der Waals surface area contributed by atoms with E-state index < -0.39 is 0 Å². The molecule has 9 heteroatoms. The maximum absolute atomic E-state index is 6.32. The number of aliphatic imine (C=N–C) groups is 1. The fraction of sp³-hybridized carbons (Fsp3) is 0.296. The topological polar surface area (TPSA) is 101 Å². The van der Waals surface area contributed by atoms with E-state index in [2.05, 4.69) is 70.0 Å². The number of piperazine rings is 1. The van der Waals surface area contributed by atoms with Crippen molar-refractivity contribution >= 4 is 29.8 Å². The van der Waals surface area contributed by atoms with Crippen molar-refractivity contribution in [2.75, 3.05) is 42.8 Å².